The molecule has 0 spiro atoms. The second kappa shape index (κ2) is 6.16. The Morgan fingerprint density at radius 1 is 1.15 bits per heavy atom. The SMILES string of the molecule is NC(=O)C(=O)Nc1ccccc1C(=O)N1CCOCC1. The monoisotopic (exact) mass is 277 g/mol. The van der Waals surface area contributed by atoms with Crippen LogP contribution in [0.15, 0.2) is 24.3 Å². The van der Waals surface area contributed by atoms with Gasteiger partial charge in [-0.3, -0.25) is 14.4 Å². The largest absolute Gasteiger partial charge is 0.378 e. The van der Waals surface area contributed by atoms with Gasteiger partial charge in [0.05, 0.1) is 24.5 Å². The Morgan fingerprint density at radius 3 is 2.45 bits per heavy atom. The van der Waals surface area contributed by atoms with E-state index in [1.54, 1.807) is 29.2 Å². The van der Waals surface area contributed by atoms with E-state index in [4.69, 9.17) is 10.5 Å². The van der Waals surface area contributed by atoms with Crippen LogP contribution in [0.5, 0.6) is 0 Å². The van der Waals surface area contributed by atoms with Crippen molar-refractivity contribution in [2.24, 2.45) is 5.73 Å². The summed E-state index contributed by atoms with van der Waals surface area (Å²) in [5.41, 5.74) is 5.48. The number of ether oxygens (including phenoxy) is 1. The number of primary amides is 1. The molecule has 0 saturated carbocycles. The first kappa shape index (κ1) is 14.0. The van der Waals surface area contributed by atoms with Crippen LogP contribution in [-0.4, -0.2) is 48.9 Å². The van der Waals surface area contributed by atoms with Gasteiger partial charge in [0.15, 0.2) is 0 Å². The van der Waals surface area contributed by atoms with Crippen LogP contribution in [0.3, 0.4) is 0 Å². The normalized spacial score (nSPS) is 14.7. The minimum Gasteiger partial charge on any atom is -0.378 e. The Labute approximate surface area is 115 Å². The Hall–Kier alpha value is -2.41. The van der Waals surface area contributed by atoms with Gasteiger partial charge in [0, 0.05) is 13.1 Å². The predicted octanol–water partition coefficient (Wildman–Crippen LogP) is -0.417. The number of nitrogens with two attached hydrogens (primary N) is 1. The molecule has 0 radical (unpaired) electrons. The molecule has 1 aromatic rings. The fraction of sp³-hybridized carbons (Fsp3) is 0.308. The van der Waals surface area contributed by atoms with E-state index in [-0.39, 0.29) is 11.6 Å². The van der Waals surface area contributed by atoms with Gasteiger partial charge >= 0.3 is 11.8 Å². The number of morpholine rings is 1. The fourth-order valence-electron chi connectivity index (χ4n) is 1.90. The standard InChI is InChI=1S/C13H15N3O4/c14-11(17)12(18)15-10-4-2-1-3-9(10)13(19)16-5-7-20-8-6-16/h1-4H,5-8H2,(H2,14,17)(H,15,18). The topological polar surface area (TPSA) is 102 Å². The maximum Gasteiger partial charge on any atom is 0.313 e. The molecule has 0 atom stereocenters. The number of amides is 3. The molecule has 3 N–H and O–H groups in total. The molecule has 1 fully saturated rings. The highest BCUT2D eigenvalue weighted by atomic mass is 16.5. The van der Waals surface area contributed by atoms with Gasteiger partial charge in [-0.05, 0) is 12.1 Å². The van der Waals surface area contributed by atoms with Crippen molar-refractivity contribution >= 4 is 23.4 Å². The Balaban J connectivity index is 2.20. The molecule has 7 nitrogen and oxygen atoms in total. The summed E-state index contributed by atoms with van der Waals surface area (Å²) in [4.78, 5) is 36.1. The maximum atomic E-state index is 12.4. The first-order valence-corrected chi connectivity index (χ1v) is 6.16. The van der Waals surface area contributed by atoms with E-state index in [9.17, 15) is 14.4 Å². The Bertz CT molecular complexity index is 538. The average molecular weight is 277 g/mol. The van der Waals surface area contributed by atoms with E-state index in [0.29, 0.717) is 31.9 Å². The van der Waals surface area contributed by atoms with Gasteiger partial charge in [0.2, 0.25) is 0 Å². The number of rotatable bonds is 2. The van der Waals surface area contributed by atoms with Crippen molar-refractivity contribution in [3.63, 3.8) is 0 Å². The highest BCUT2D eigenvalue weighted by molar-refractivity contribution is 6.39. The van der Waals surface area contributed by atoms with Crippen LogP contribution in [0, 0.1) is 0 Å². The smallest absolute Gasteiger partial charge is 0.313 e. The van der Waals surface area contributed by atoms with Crippen molar-refractivity contribution in [3.05, 3.63) is 29.8 Å². The summed E-state index contributed by atoms with van der Waals surface area (Å²) < 4.78 is 5.19. The molecule has 3 amide bonds. The number of hydrogen-bond donors (Lipinski definition) is 2. The van der Waals surface area contributed by atoms with Crippen molar-refractivity contribution in [2.45, 2.75) is 0 Å². The highest BCUT2D eigenvalue weighted by Gasteiger charge is 2.22. The molecule has 0 aliphatic carbocycles. The van der Waals surface area contributed by atoms with Crippen LogP contribution in [0.25, 0.3) is 0 Å². The quantitative estimate of drug-likeness (QED) is 0.717. The lowest BCUT2D eigenvalue weighted by molar-refractivity contribution is -0.134. The lowest BCUT2D eigenvalue weighted by Crippen LogP contribution is -2.41. The molecule has 2 rings (SSSR count). The molecule has 7 heteroatoms. The minimum absolute atomic E-state index is 0.214. The minimum atomic E-state index is -1.10. The third-order valence-electron chi connectivity index (χ3n) is 2.93. The number of anilines is 1. The lowest BCUT2D eigenvalue weighted by Gasteiger charge is -2.27. The van der Waals surface area contributed by atoms with E-state index in [0.717, 1.165) is 0 Å². The van der Waals surface area contributed by atoms with Crippen molar-refractivity contribution in [2.75, 3.05) is 31.6 Å². The van der Waals surface area contributed by atoms with Crippen molar-refractivity contribution < 1.29 is 19.1 Å². The van der Waals surface area contributed by atoms with E-state index < -0.39 is 11.8 Å². The van der Waals surface area contributed by atoms with E-state index >= 15 is 0 Å². The molecule has 1 aliphatic heterocycles. The van der Waals surface area contributed by atoms with E-state index in [1.165, 1.54) is 0 Å². The summed E-state index contributed by atoms with van der Waals surface area (Å²) in [6.07, 6.45) is 0. The zero-order valence-electron chi connectivity index (χ0n) is 10.8. The zero-order chi connectivity index (χ0) is 14.5. The number of carbonyl (C=O) groups is 3. The van der Waals surface area contributed by atoms with Crippen molar-refractivity contribution in [3.8, 4) is 0 Å². The summed E-state index contributed by atoms with van der Waals surface area (Å²) in [6.45, 7) is 1.97. The molecule has 1 aliphatic rings. The number of carbonyl (C=O) groups excluding carboxylic acids is 3. The number of benzene rings is 1. The molecule has 0 unspecified atom stereocenters. The molecule has 1 saturated heterocycles. The van der Waals surface area contributed by atoms with Crippen LogP contribution in [-0.2, 0) is 14.3 Å². The van der Waals surface area contributed by atoms with Crippen LogP contribution >= 0.6 is 0 Å². The molecule has 1 aromatic carbocycles. The second-order valence-electron chi connectivity index (χ2n) is 4.27. The van der Waals surface area contributed by atoms with Gasteiger partial charge < -0.3 is 20.7 Å². The molecule has 0 aromatic heterocycles. The van der Waals surface area contributed by atoms with E-state index in [1.807, 2.05) is 0 Å². The third-order valence-corrected chi connectivity index (χ3v) is 2.93. The van der Waals surface area contributed by atoms with Crippen molar-refractivity contribution in [1.82, 2.24) is 4.90 Å². The summed E-state index contributed by atoms with van der Waals surface area (Å²) >= 11 is 0. The fourth-order valence-corrected chi connectivity index (χ4v) is 1.90. The van der Waals surface area contributed by atoms with Crippen LogP contribution in [0.4, 0.5) is 5.69 Å². The molecule has 20 heavy (non-hydrogen) atoms. The average Bonchev–Trinajstić information content (AvgIpc) is 2.48. The predicted molar refractivity (Wildman–Crippen MR) is 71.0 cm³/mol. The van der Waals surface area contributed by atoms with Gasteiger partial charge in [-0.2, -0.15) is 0 Å². The summed E-state index contributed by atoms with van der Waals surface area (Å²) in [5, 5.41) is 2.34. The summed E-state index contributed by atoms with van der Waals surface area (Å²) in [5.74, 6) is -2.26. The lowest BCUT2D eigenvalue weighted by atomic mass is 10.1. The number of para-hydroxylation sites is 1. The maximum absolute atomic E-state index is 12.4. The Morgan fingerprint density at radius 2 is 1.80 bits per heavy atom. The van der Waals surface area contributed by atoms with Gasteiger partial charge in [0.25, 0.3) is 5.91 Å². The number of nitrogens with zero attached hydrogens (tertiary/aromatic N) is 1. The summed E-state index contributed by atoms with van der Waals surface area (Å²) in [6, 6.07) is 6.49. The molecular formula is C13H15N3O4. The molecular weight excluding hydrogens is 262 g/mol. The molecule has 0 bridgehead atoms. The first-order chi connectivity index (χ1) is 9.59. The summed E-state index contributed by atoms with van der Waals surface area (Å²) in [7, 11) is 0. The number of nitrogens with one attached hydrogen (secondary N) is 1. The number of hydrogen-bond acceptors (Lipinski definition) is 4. The van der Waals surface area contributed by atoms with Gasteiger partial charge in [-0.1, -0.05) is 12.1 Å². The van der Waals surface area contributed by atoms with Crippen LogP contribution in [0.2, 0.25) is 0 Å². The van der Waals surface area contributed by atoms with Crippen LogP contribution in [0.1, 0.15) is 10.4 Å². The zero-order valence-corrected chi connectivity index (χ0v) is 10.8. The van der Waals surface area contributed by atoms with E-state index in [2.05, 4.69) is 5.32 Å². The van der Waals surface area contributed by atoms with Gasteiger partial charge in [-0.15, -0.1) is 0 Å². The Kier molecular flexibility index (Phi) is 4.31. The first-order valence-electron chi connectivity index (χ1n) is 6.16. The van der Waals surface area contributed by atoms with Gasteiger partial charge in [-0.25, -0.2) is 0 Å². The third kappa shape index (κ3) is 3.12. The van der Waals surface area contributed by atoms with Crippen LogP contribution < -0.4 is 11.1 Å². The molecule has 106 valence electrons. The molecule has 1 heterocycles. The second-order valence-corrected chi connectivity index (χ2v) is 4.27. The van der Waals surface area contributed by atoms with Gasteiger partial charge in [0.1, 0.15) is 0 Å². The highest BCUT2D eigenvalue weighted by Crippen LogP contribution is 2.18. The van der Waals surface area contributed by atoms with Crippen molar-refractivity contribution in [1.29, 1.82) is 0 Å².